The van der Waals surface area contributed by atoms with Crippen LogP contribution in [-0.4, -0.2) is 6.04 Å². The van der Waals surface area contributed by atoms with E-state index in [0.29, 0.717) is 5.41 Å². The zero-order valence-electron chi connectivity index (χ0n) is 12.0. The van der Waals surface area contributed by atoms with Crippen molar-refractivity contribution in [1.82, 2.24) is 0 Å². The lowest BCUT2D eigenvalue weighted by Crippen LogP contribution is -2.91. The van der Waals surface area contributed by atoms with Gasteiger partial charge in [-0.05, 0) is 74.6 Å². The van der Waals surface area contributed by atoms with Gasteiger partial charge in [0, 0.05) is 5.41 Å². The molecule has 1 aromatic heterocycles. The summed E-state index contributed by atoms with van der Waals surface area (Å²) < 4.78 is 0. The summed E-state index contributed by atoms with van der Waals surface area (Å²) in [4.78, 5) is 1.54. The first-order valence-electron chi connectivity index (χ1n) is 8.09. The smallest absolute Gasteiger partial charge is 0.111 e. The fraction of sp³-hybridized carbons (Fsp3) is 0.765. The summed E-state index contributed by atoms with van der Waals surface area (Å²) in [5, 5.41) is 4.84. The fourth-order valence-electron chi connectivity index (χ4n) is 5.71. The van der Waals surface area contributed by atoms with Gasteiger partial charge in [0.2, 0.25) is 0 Å². The van der Waals surface area contributed by atoms with Gasteiger partial charge < -0.3 is 5.32 Å². The monoisotopic (exact) mass is 276 g/mol. The third kappa shape index (κ3) is 2.17. The molecule has 4 bridgehead atoms. The van der Waals surface area contributed by atoms with Crippen molar-refractivity contribution in [2.24, 2.45) is 23.2 Å². The number of hydrogen-bond donors (Lipinski definition) is 1. The minimum atomic E-state index is 0.700. The normalized spacial score (nSPS) is 41.6. The molecule has 2 heteroatoms. The highest BCUT2D eigenvalue weighted by Gasteiger charge is 2.54. The Bertz CT molecular complexity index is 401. The quantitative estimate of drug-likeness (QED) is 0.868. The van der Waals surface area contributed by atoms with Gasteiger partial charge in [0.15, 0.2) is 0 Å². The van der Waals surface area contributed by atoms with Crippen LogP contribution in [0.4, 0.5) is 0 Å². The second-order valence-corrected chi connectivity index (χ2v) is 8.62. The molecule has 1 atom stereocenters. The molecule has 5 rings (SSSR count). The summed E-state index contributed by atoms with van der Waals surface area (Å²) >= 11 is 1.91. The molecular formula is C17H26NS+. The summed E-state index contributed by atoms with van der Waals surface area (Å²) in [7, 11) is 0. The van der Waals surface area contributed by atoms with E-state index in [4.69, 9.17) is 0 Å². The van der Waals surface area contributed by atoms with Gasteiger partial charge in [-0.1, -0.05) is 6.07 Å². The van der Waals surface area contributed by atoms with E-state index in [-0.39, 0.29) is 0 Å². The first kappa shape index (κ1) is 12.4. The SMILES string of the molecule is C[C@H]([NH2+]Cc1cccs1)C12CC3CC(CC(C3)C1)C2. The first-order valence-corrected chi connectivity index (χ1v) is 8.97. The average Bonchev–Trinajstić information content (AvgIpc) is 2.87. The van der Waals surface area contributed by atoms with Crippen LogP contribution in [0.2, 0.25) is 0 Å². The van der Waals surface area contributed by atoms with Gasteiger partial charge in [-0.3, -0.25) is 0 Å². The number of hydrogen-bond acceptors (Lipinski definition) is 1. The van der Waals surface area contributed by atoms with Gasteiger partial charge >= 0.3 is 0 Å². The van der Waals surface area contributed by atoms with E-state index in [9.17, 15) is 0 Å². The summed E-state index contributed by atoms with van der Waals surface area (Å²) in [6.07, 6.45) is 9.33. The van der Waals surface area contributed by atoms with Crippen LogP contribution in [0, 0.1) is 23.2 Å². The van der Waals surface area contributed by atoms with Gasteiger partial charge in [0.05, 0.1) is 10.9 Å². The van der Waals surface area contributed by atoms with Gasteiger partial charge in [0.25, 0.3) is 0 Å². The third-order valence-electron chi connectivity index (χ3n) is 6.30. The predicted molar refractivity (Wildman–Crippen MR) is 80.0 cm³/mol. The van der Waals surface area contributed by atoms with E-state index in [1.54, 1.807) is 38.5 Å². The Kier molecular flexibility index (Phi) is 3.00. The molecule has 4 aliphatic rings. The molecule has 1 aromatic rings. The lowest BCUT2D eigenvalue weighted by atomic mass is 9.48. The van der Waals surface area contributed by atoms with Crippen LogP contribution in [0.5, 0.6) is 0 Å². The number of quaternary nitrogens is 1. The van der Waals surface area contributed by atoms with E-state index in [2.05, 4.69) is 29.8 Å². The largest absolute Gasteiger partial charge is 0.339 e. The molecule has 4 saturated carbocycles. The Morgan fingerprint density at radius 1 is 1.21 bits per heavy atom. The molecular weight excluding hydrogens is 250 g/mol. The molecule has 0 spiro atoms. The predicted octanol–water partition coefficient (Wildman–Crippen LogP) is 3.42. The van der Waals surface area contributed by atoms with Crippen molar-refractivity contribution in [2.45, 2.75) is 58.0 Å². The second-order valence-electron chi connectivity index (χ2n) is 7.59. The Labute approximate surface area is 120 Å². The molecule has 0 unspecified atom stereocenters. The van der Waals surface area contributed by atoms with Crippen molar-refractivity contribution in [3.8, 4) is 0 Å². The van der Waals surface area contributed by atoms with Crippen molar-refractivity contribution in [1.29, 1.82) is 0 Å². The van der Waals surface area contributed by atoms with Gasteiger partial charge in [0.1, 0.15) is 6.54 Å². The third-order valence-corrected chi connectivity index (χ3v) is 7.20. The summed E-state index contributed by atoms with van der Waals surface area (Å²) in [6.45, 7) is 3.71. The maximum absolute atomic E-state index is 2.64. The minimum Gasteiger partial charge on any atom is -0.339 e. The van der Waals surface area contributed by atoms with Crippen LogP contribution in [0.1, 0.15) is 50.3 Å². The van der Waals surface area contributed by atoms with Crippen LogP contribution in [0.25, 0.3) is 0 Å². The summed E-state index contributed by atoms with van der Waals surface area (Å²) in [5.74, 6) is 3.26. The van der Waals surface area contributed by atoms with Crippen molar-refractivity contribution in [3.05, 3.63) is 22.4 Å². The maximum atomic E-state index is 2.64. The zero-order chi connectivity index (χ0) is 12.9. The Balaban J connectivity index is 1.45. The zero-order valence-corrected chi connectivity index (χ0v) is 12.8. The molecule has 1 heterocycles. The fourth-order valence-corrected chi connectivity index (χ4v) is 6.39. The van der Waals surface area contributed by atoms with E-state index < -0.39 is 0 Å². The summed E-state index contributed by atoms with van der Waals surface area (Å²) in [6, 6.07) is 5.29. The van der Waals surface area contributed by atoms with Crippen LogP contribution >= 0.6 is 11.3 Å². The van der Waals surface area contributed by atoms with Crippen molar-refractivity contribution in [3.63, 3.8) is 0 Å². The lowest BCUT2D eigenvalue weighted by molar-refractivity contribution is -0.716. The maximum Gasteiger partial charge on any atom is 0.111 e. The molecule has 0 aliphatic heterocycles. The Hall–Kier alpha value is -0.340. The van der Waals surface area contributed by atoms with Gasteiger partial charge in [-0.25, -0.2) is 0 Å². The standard InChI is InChI=1S/C17H25NS/c1-12(18-11-16-3-2-4-19-16)17-8-13-5-14(9-17)7-15(6-13)10-17/h2-4,12-15,18H,5-11H2,1H3/p+1/t12-,13?,14?,15?,17?/m0/s1. The topological polar surface area (TPSA) is 16.6 Å². The Morgan fingerprint density at radius 2 is 1.84 bits per heavy atom. The highest BCUT2D eigenvalue weighted by molar-refractivity contribution is 7.09. The van der Waals surface area contributed by atoms with Crippen LogP contribution in [0.15, 0.2) is 17.5 Å². The highest BCUT2D eigenvalue weighted by Crippen LogP contribution is 2.60. The molecule has 2 N–H and O–H groups in total. The molecule has 4 fully saturated rings. The average molecular weight is 276 g/mol. The molecule has 104 valence electrons. The number of rotatable bonds is 4. The van der Waals surface area contributed by atoms with Crippen molar-refractivity contribution in [2.75, 3.05) is 0 Å². The van der Waals surface area contributed by atoms with Gasteiger partial charge in [-0.15, -0.1) is 11.3 Å². The molecule has 0 aromatic carbocycles. The Morgan fingerprint density at radius 3 is 2.37 bits per heavy atom. The number of thiophene rings is 1. The van der Waals surface area contributed by atoms with Crippen LogP contribution < -0.4 is 5.32 Å². The molecule has 0 saturated heterocycles. The molecule has 4 aliphatic carbocycles. The second kappa shape index (κ2) is 4.60. The lowest BCUT2D eigenvalue weighted by Gasteiger charge is -2.57. The van der Waals surface area contributed by atoms with Crippen LogP contribution in [-0.2, 0) is 6.54 Å². The minimum absolute atomic E-state index is 0.700. The van der Waals surface area contributed by atoms with Crippen molar-refractivity contribution < 1.29 is 5.32 Å². The van der Waals surface area contributed by atoms with E-state index in [1.807, 2.05) is 11.3 Å². The summed E-state index contributed by atoms with van der Waals surface area (Å²) in [5.41, 5.74) is 0.700. The van der Waals surface area contributed by atoms with Crippen LogP contribution in [0.3, 0.4) is 0 Å². The molecule has 0 amide bonds. The molecule has 19 heavy (non-hydrogen) atoms. The van der Waals surface area contributed by atoms with E-state index in [0.717, 1.165) is 23.8 Å². The van der Waals surface area contributed by atoms with Crippen molar-refractivity contribution >= 4 is 11.3 Å². The molecule has 0 radical (unpaired) electrons. The highest BCUT2D eigenvalue weighted by atomic mass is 32.1. The molecule has 1 nitrogen and oxygen atoms in total. The van der Waals surface area contributed by atoms with E-state index in [1.165, 1.54) is 11.4 Å². The first-order chi connectivity index (χ1) is 9.23. The van der Waals surface area contributed by atoms with Gasteiger partial charge in [-0.2, -0.15) is 0 Å². The number of nitrogens with two attached hydrogens (primary N) is 1. The van der Waals surface area contributed by atoms with E-state index >= 15 is 0 Å².